The van der Waals surface area contributed by atoms with Gasteiger partial charge in [-0.2, -0.15) is 0 Å². The molecule has 1 aliphatic heterocycles. The second-order valence-electron chi connectivity index (χ2n) is 6.65. The molecule has 0 bridgehead atoms. The standard InChI is InChI=1S/C14H27NO3S/c1-14(2)8-4-7-12(13(14)15-3)19(16,17)10-11-6-5-9-18-11/h11-13,15H,4-10H2,1-3H3. The molecule has 0 aromatic carbocycles. The monoisotopic (exact) mass is 289 g/mol. The average molecular weight is 289 g/mol. The van der Waals surface area contributed by atoms with Gasteiger partial charge in [-0.15, -0.1) is 0 Å². The van der Waals surface area contributed by atoms with Crippen LogP contribution < -0.4 is 5.32 Å². The van der Waals surface area contributed by atoms with Gasteiger partial charge in [0.15, 0.2) is 9.84 Å². The number of ether oxygens (including phenoxy) is 1. The lowest BCUT2D eigenvalue weighted by Gasteiger charge is -2.43. The van der Waals surface area contributed by atoms with Crippen molar-refractivity contribution < 1.29 is 13.2 Å². The van der Waals surface area contributed by atoms with Crippen molar-refractivity contribution in [2.45, 2.75) is 63.3 Å². The SMILES string of the molecule is CNC1C(S(=O)(=O)CC2CCCO2)CCCC1(C)C. The Morgan fingerprint density at radius 1 is 1.26 bits per heavy atom. The number of sulfone groups is 1. The lowest BCUT2D eigenvalue weighted by atomic mass is 9.73. The smallest absolute Gasteiger partial charge is 0.157 e. The largest absolute Gasteiger partial charge is 0.377 e. The summed E-state index contributed by atoms with van der Waals surface area (Å²) in [6.45, 7) is 5.05. The molecule has 2 aliphatic rings. The minimum atomic E-state index is -3.09. The molecule has 1 aliphatic carbocycles. The molecule has 4 nitrogen and oxygen atoms in total. The summed E-state index contributed by atoms with van der Waals surface area (Å²) in [6.07, 6.45) is 4.67. The molecule has 1 heterocycles. The first kappa shape index (κ1) is 15.3. The summed E-state index contributed by atoms with van der Waals surface area (Å²) in [5.74, 6) is 0.200. The first-order chi connectivity index (χ1) is 8.87. The van der Waals surface area contributed by atoms with Gasteiger partial charge in [-0.3, -0.25) is 0 Å². The summed E-state index contributed by atoms with van der Waals surface area (Å²) in [4.78, 5) is 0. The normalized spacial score (nSPS) is 35.4. The van der Waals surface area contributed by atoms with Crippen LogP contribution in [-0.4, -0.2) is 45.2 Å². The van der Waals surface area contributed by atoms with Gasteiger partial charge < -0.3 is 10.1 Å². The Hall–Kier alpha value is -0.130. The predicted octanol–water partition coefficient (Wildman–Crippen LogP) is 1.75. The molecule has 0 amide bonds. The van der Waals surface area contributed by atoms with Crippen molar-refractivity contribution in [1.82, 2.24) is 5.32 Å². The molecule has 0 radical (unpaired) electrons. The van der Waals surface area contributed by atoms with Gasteiger partial charge in [-0.05, 0) is 38.1 Å². The molecule has 3 unspecified atom stereocenters. The zero-order chi connectivity index (χ0) is 14.1. The Labute approximate surface area is 117 Å². The van der Waals surface area contributed by atoms with Crippen LogP contribution in [0, 0.1) is 5.41 Å². The molecule has 2 rings (SSSR count). The highest BCUT2D eigenvalue weighted by atomic mass is 32.2. The fraction of sp³-hybridized carbons (Fsp3) is 1.00. The zero-order valence-corrected chi connectivity index (χ0v) is 13.1. The second kappa shape index (κ2) is 5.70. The van der Waals surface area contributed by atoms with Crippen LogP contribution in [-0.2, 0) is 14.6 Å². The van der Waals surface area contributed by atoms with E-state index < -0.39 is 9.84 Å². The third-order valence-electron chi connectivity index (χ3n) is 4.74. The fourth-order valence-electron chi connectivity index (χ4n) is 3.71. The maximum Gasteiger partial charge on any atom is 0.157 e. The van der Waals surface area contributed by atoms with Crippen LogP contribution in [0.5, 0.6) is 0 Å². The minimum Gasteiger partial charge on any atom is -0.377 e. The van der Waals surface area contributed by atoms with E-state index in [1.54, 1.807) is 0 Å². The molecule has 1 saturated carbocycles. The molecule has 1 N–H and O–H groups in total. The van der Waals surface area contributed by atoms with E-state index in [1.165, 1.54) is 0 Å². The van der Waals surface area contributed by atoms with Crippen LogP contribution >= 0.6 is 0 Å². The zero-order valence-electron chi connectivity index (χ0n) is 12.3. The second-order valence-corrected chi connectivity index (χ2v) is 8.91. The molecule has 0 aromatic heterocycles. The van der Waals surface area contributed by atoms with Crippen molar-refractivity contribution in [3.05, 3.63) is 0 Å². The van der Waals surface area contributed by atoms with Gasteiger partial charge in [-0.25, -0.2) is 8.42 Å². The van der Waals surface area contributed by atoms with Gasteiger partial charge in [0.1, 0.15) is 0 Å². The van der Waals surface area contributed by atoms with E-state index in [9.17, 15) is 8.42 Å². The van der Waals surface area contributed by atoms with Gasteiger partial charge in [0.05, 0.1) is 17.1 Å². The molecule has 1 saturated heterocycles. The van der Waals surface area contributed by atoms with Crippen LogP contribution in [0.15, 0.2) is 0 Å². The van der Waals surface area contributed by atoms with Crippen molar-refractivity contribution in [2.75, 3.05) is 19.4 Å². The van der Waals surface area contributed by atoms with E-state index >= 15 is 0 Å². The summed E-state index contributed by atoms with van der Waals surface area (Å²) in [7, 11) is -1.21. The third-order valence-corrected chi connectivity index (χ3v) is 7.00. The third kappa shape index (κ3) is 3.31. The van der Waals surface area contributed by atoms with Crippen molar-refractivity contribution in [3.63, 3.8) is 0 Å². The van der Waals surface area contributed by atoms with Crippen LogP contribution in [0.4, 0.5) is 0 Å². The highest BCUT2D eigenvalue weighted by Gasteiger charge is 2.44. The number of nitrogens with one attached hydrogen (secondary N) is 1. The summed E-state index contributed by atoms with van der Waals surface area (Å²) >= 11 is 0. The van der Waals surface area contributed by atoms with Crippen LogP contribution in [0.3, 0.4) is 0 Å². The Kier molecular flexibility index (Phi) is 4.58. The van der Waals surface area contributed by atoms with E-state index in [2.05, 4.69) is 19.2 Å². The van der Waals surface area contributed by atoms with Gasteiger partial charge >= 0.3 is 0 Å². The van der Waals surface area contributed by atoms with Crippen molar-refractivity contribution in [1.29, 1.82) is 0 Å². The molecule has 3 atom stereocenters. The quantitative estimate of drug-likeness (QED) is 0.856. The van der Waals surface area contributed by atoms with E-state index in [1.807, 2.05) is 7.05 Å². The number of hydrogen-bond acceptors (Lipinski definition) is 4. The van der Waals surface area contributed by atoms with E-state index in [-0.39, 0.29) is 28.6 Å². The van der Waals surface area contributed by atoms with Crippen LogP contribution in [0.2, 0.25) is 0 Å². The lowest BCUT2D eigenvalue weighted by molar-refractivity contribution is 0.126. The minimum absolute atomic E-state index is 0.0429. The Morgan fingerprint density at radius 2 is 2.00 bits per heavy atom. The molecule has 112 valence electrons. The maximum absolute atomic E-state index is 12.7. The Morgan fingerprint density at radius 3 is 2.58 bits per heavy atom. The van der Waals surface area contributed by atoms with E-state index in [0.717, 1.165) is 32.1 Å². The summed E-state index contributed by atoms with van der Waals surface area (Å²) < 4.78 is 30.9. The maximum atomic E-state index is 12.7. The molecule has 0 aromatic rings. The van der Waals surface area contributed by atoms with Crippen LogP contribution in [0.1, 0.15) is 46.0 Å². The molecule has 5 heteroatoms. The van der Waals surface area contributed by atoms with Gasteiger partial charge in [0, 0.05) is 12.6 Å². The molecule has 19 heavy (non-hydrogen) atoms. The van der Waals surface area contributed by atoms with E-state index in [0.29, 0.717) is 6.61 Å². The highest BCUT2D eigenvalue weighted by Crippen LogP contribution is 2.39. The first-order valence-electron chi connectivity index (χ1n) is 7.37. The van der Waals surface area contributed by atoms with Crippen molar-refractivity contribution in [3.8, 4) is 0 Å². The molecular weight excluding hydrogens is 262 g/mol. The fourth-order valence-corrected chi connectivity index (χ4v) is 6.18. The first-order valence-corrected chi connectivity index (χ1v) is 9.09. The van der Waals surface area contributed by atoms with Crippen molar-refractivity contribution >= 4 is 9.84 Å². The van der Waals surface area contributed by atoms with Crippen LogP contribution in [0.25, 0.3) is 0 Å². The molecule has 2 fully saturated rings. The average Bonchev–Trinajstić information content (AvgIpc) is 2.79. The summed E-state index contributed by atoms with van der Waals surface area (Å²) in [5.41, 5.74) is 0.0429. The number of rotatable bonds is 4. The summed E-state index contributed by atoms with van der Waals surface area (Å²) in [6, 6.07) is 0.0488. The van der Waals surface area contributed by atoms with Gasteiger partial charge in [-0.1, -0.05) is 20.3 Å². The lowest BCUT2D eigenvalue weighted by Crippen LogP contribution is -2.55. The topological polar surface area (TPSA) is 55.4 Å². The van der Waals surface area contributed by atoms with Gasteiger partial charge in [0.2, 0.25) is 0 Å². The van der Waals surface area contributed by atoms with Gasteiger partial charge in [0.25, 0.3) is 0 Å². The Balaban J connectivity index is 2.13. The van der Waals surface area contributed by atoms with E-state index in [4.69, 9.17) is 4.74 Å². The van der Waals surface area contributed by atoms with Crippen molar-refractivity contribution in [2.24, 2.45) is 5.41 Å². The number of hydrogen-bond donors (Lipinski definition) is 1. The summed E-state index contributed by atoms with van der Waals surface area (Å²) in [5, 5.41) is 3.00. The molecular formula is C14H27NO3S. The molecule has 0 spiro atoms. The Bertz CT molecular complexity index is 399. The highest BCUT2D eigenvalue weighted by molar-refractivity contribution is 7.92. The predicted molar refractivity (Wildman–Crippen MR) is 77.0 cm³/mol.